The van der Waals surface area contributed by atoms with Gasteiger partial charge in [-0.1, -0.05) is 57.2 Å². The zero-order valence-electron chi connectivity index (χ0n) is 31.4. The summed E-state index contributed by atoms with van der Waals surface area (Å²) in [6.07, 6.45) is 8.38. The van der Waals surface area contributed by atoms with E-state index in [9.17, 15) is 32.4 Å². The molecule has 296 valence electrons. The Morgan fingerprint density at radius 3 is 2.59 bits per heavy atom. The molecule has 3 aromatic rings. The van der Waals surface area contributed by atoms with Crippen LogP contribution in [-0.4, -0.2) is 94.5 Å². The van der Waals surface area contributed by atoms with Gasteiger partial charge in [-0.15, -0.1) is 6.58 Å². The molecule has 1 saturated heterocycles. The van der Waals surface area contributed by atoms with Gasteiger partial charge in [-0.25, -0.2) is 17.9 Å². The lowest BCUT2D eigenvalue weighted by molar-refractivity contribution is -0.142. The van der Waals surface area contributed by atoms with E-state index in [4.69, 9.17) is 9.47 Å². The topological polar surface area (TPSA) is 208 Å². The minimum Gasteiger partial charge on any atom is -0.491 e. The van der Waals surface area contributed by atoms with Gasteiger partial charge < -0.3 is 25.0 Å². The summed E-state index contributed by atoms with van der Waals surface area (Å²) in [5.74, 6) is -2.62. The molecule has 2 aromatic heterocycles. The quantitative estimate of drug-likeness (QED) is 0.297. The van der Waals surface area contributed by atoms with E-state index in [1.54, 1.807) is 57.3 Å². The van der Waals surface area contributed by atoms with Crippen molar-refractivity contribution < 1.29 is 37.1 Å². The van der Waals surface area contributed by atoms with Crippen LogP contribution in [0.2, 0.25) is 0 Å². The first-order valence-corrected chi connectivity index (χ1v) is 20.2. The maximum atomic E-state index is 14.7. The molecule has 0 spiro atoms. The summed E-state index contributed by atoms with van der Waals surface area (Å²) in [6, 6.07) is 5.70. The van der Waals surface area contributed by atoms with E-state index < -0.39 is 79.6 Å². The van der Waals surface area contributed by atoms with E-state index in [1.165, 1.54) is 21.9 Å². The van der Waals surface area contributed by atoms with E-state index >= 15 is 0 Å². The summed E-state index contributed by atoms with van der Waals surface area (Å²) in [5.41, 5.74) is -1.60. The molecule has 3 aliphatic heterocycles. The van der Waals surface area contributed by atoms with Crippen molar-refractivity contribution in [1.29, 1.82) is 0 Å². The van der Waals surface area contributed by atoms with Crippen molar-refractivity contribution in [2.75, 3.05) is 19.8 Å². The lowest BCUT2D eigenvalue weighted by Gasteiger charge is -2.35. The third kappa shape index (κ3) is 7.51. The number of nitrogens with one attached hydrogen (secondary N) is 3. The van der Waals surface area contributed by atoms with Crippen LogP contribution >= 0.6 is 0 Å². The molecule has 3 N–H and O–H groups in total. The average Bonchev–Trinajstić information content (AvgIpc) is 4.09. The van der Waals surface area contributed by atoms with Crippen LogP contribution in [0.1, 0.15) is 58.9 Å². The zero-order chi connectivity index (χ0) is 40.0. The number of aromatic nitrogens is 3. The van der Waals surface area contributed by atoms with Gasteiger partial charge >= 0.3 is 6.09 Å². The van der Waals surface area contributed by atoms with Crippen molar-refractivity contribution >= 4 is 44.7 Å². The third-order valence-corrected chi connectivity index (χ3v) is 12.6. The number of amides is 4. The fourth-order valence-corrected chi connectivity index (χ4v) is 8.78. The van der Waals surface area contributed by atoms with Gasteiger partial charge in [-0.3, -0.25) is 28.9 Å². The molecule has 4 bridgehead atoms. The maximum Gasteiger partial charge on any atom is 0.408 e. The van der Waals surface area contributed by atoms with Crippen LogP contribution in [0, 0.1) is 11.3 Å². The minimum absolute atomic E-state index is 0.0926. The molecule has 2 aliphatic carbocycles. The number of hydrogen-bond acceptors (Lipinski definition) is 11. The molecule has 5 heterocycles. The Bertz CT molecular complexity index is 2290. The Morgan fingerprint density at radius 1 is 1.09 bits per heavy atom. The predicted molar refractivity (Wildman–Crippen MR) is 205 cm³/mol. The Hall–Kier alpha value is -5.58. The maximum absolute atomic E-state index is 14.7. The molecular formula is C39H45N7O9S. The molecule has 56 heavy (non-hydrogen) atoms. The monoisotopic (exact) mass is 787 g/mol. The molecule has 16 nitrogen and oxygen atoms in total. The lowest BCUT2D eigenvalue weighted by Crippen LogP contribution is -2.60. The Labute approximate surface area is 323 Å². The SMILES string of the molecule is C=CC1CC1(NC(=O)[C@@H]1C[C@@H]2CN1C(=O)[C@H](C(C)(C)C)NC(=O)OC/C=C/CCOc1cnn2c(=O)c1-c1cccc2ncccc12)C(=O)NS(=O)(=O)C1CC1. The molecule has 5 aliphatic rings. The van der Waals surface area contributed by atoms with Gasteiger partial charge in [0.15, 0.2) is 5.75 Å². The number of sulfonamides is 1. The van der Waals surface area contributed by atoms with E-state index in [0.29, 0.717) is 35.7 Å². The standard InChI is InChI=1S/C39H45N7O9S/c1-5-23-20-39(23,36(50)44-56(52,53)25-14-15-25)43-33(47)29-19-24-22-45(29)35(49)32(38(2,3)4)42-37(51)55-18-8-6-7-17-54-30-21-41-46(24)34(48)31(30)27-11-9-13-28-26(27)12-10-16-40-28/h5-6,8-13,16,21,23-25,29,32H,1,7,14-15,17-20,22H2,2-4H3,(H,42,51)(H,43,47)(H,44,50)/b8-6+/t23?,24-,29+,32-,39?/m1/s1. The summed E-state index contributed by atoms with van der Waals surface area (Å²) in [4.78, 5) is 76.1. The summed E-state index contributed by atoms with van der Waals surface area (Å²) in [5, 5.41) is 9.97. The summed E-state index contributed by atoms with van der Waals surface area (Å²) in [7, 11) is -3.95. The van der Waals surface area contributed by atoms with Gasteiger partial charge in [-0.2, -0.15) is 5.10 Å². The zero-order valence-corrected chi connectivity index (χ0v) is 32.2. The number of hydrogen-bond donors (Lipinski definition) is 3. The second-order valence-electron chi connectivity index (χ2n) is 15.7. The van der Waals surface area contributed by atoms with Crippen LogP contribution < -0.4 is 25.7 Å². The highest BCUT2D eigenvalue weighted by Gasteiger charge is 2.62. The normalized spacial score (nSPS) is 26.2. The van der Waals surface area contributed by atoms with Crippen molar-refractivity contribution in [3.63, 3.8) is 0 Å². The highest BCUT2D eigenvalue weighted by Crippen LogP contribution is 2.46. The van der Waals surface area contributed by atoms with Gasteiger partial charge in [0.25, 0.3) is 11.5 Å². The van der Waals surface area contributed by atoms with Crippen LogP contribution in [0.3, 0.4) is 0 Å². The number of nitrogens with zero attached hydrogens (tertiary/aromatic N) is 4. The summed E-state index contributed by atoms with van der Waals surface area (Å²) in [6.45, 7) is 8.92. The molecule has 3 fully saturated rings. The highest BCUT2D eigenvalue weighted by molar-refractivity contribution is 7.91. The molecule has 2 unspecified atom stereocenters. The lowest BCUT2D eigenvalue weighted by atomic mass is 9.85. The second-order valence-corrected chi connectivity index (χ2v) is 17.7. The van der Waals surface area contributed by atoms with Crippen LogP contribution in [0.5, 0.6) is 5.75 Å². The van der Waals surface area contributed by atoms with Crippen molar-refractivity contribution in [2.45, 2.75) is 81.8 Å². The Morgan fingerprint density at radius 2 is 1.88 bits per heavy atom. The molecule has 17 heteroatoms. The molecule has 8 rings (SSSR count). The van der Waals surface area contributed by atoms with Crippen molar-refractivity contribution in [3.8, 4) is 16.9 Å². The van der Waals surface area contributed by atoms with Crippen LogP contribution in [-0.2, 0) is 29.1 Å². The van der Waals surface area contributed by atoms with E-state index in [-0.39, 0.29) is 43.9 Å². The van der Waals surface area contributed by atoms with Gasteiger partial charge in [0.05, 0.1) is 35.2 Å². The molecule has 4 amide bonds. The fourth-order valence-electron chi connectivity index (χ4n) is 7.41. The summed E-state index contributed by atoms with van der Waals surface area (Å²) < 4.78 is 40.4. The average molecular weight is 788 g/mol. The minimum atomic E-state index is -3.95. The van der Waals surface area contributed by atoms with E-state index in [2.05, 4.69) is 32.0 Å². The molecular weight excluding hydrogens is 743 g/mol. The Kier molecular flexibility index (Phi) is 10.2. The van der Waals surface area contributed by atoms with Crippen LogP contribution in [0.4, 0.5) is 4.79 Å². The Balaban J connectivity index is 1.30. The first-order chi connectivity index (χ1) is 26.6. The number of pyridine rings is 1. The number of alkyl carbamates (subject to hydrolysis) is 1. The highest BCUT2D eigenvalue weighted by atomic mass is 32.2. The number of rotatable bonds is 7. The number of carbonyl (C=O) groups is 4. The van der Waals surface area contributed by atoms with Crippen molar-refractivity contribution in [3.05, 3.63) is 77.9 Å². The van der Waals surface area contributed by atoms with Gasteiger partial charge in [0, 0.05) is 36.0 Å². The number of benzene rings is 1. The van der Waals surface area contributed by atoms with Gasteiger partial charge in [0.1, 0.15) is 24.2 Å². The molecule has 2 saturated carbocycles. The van der Waals surface area contributed by atoms with E-state index in [1.807, 2.05) is 12.1 Å². The number of fused-ring (bicyclic) bond motifs is 12. The van der Waals surface area contributed by atoms with Gasteiger partial charge in [0.2, 0.25) is 21.8 Å². The number of ether oxygens (including phenoxy) is 2. The molecule has 5 atom stereocenters. The largest absolute Gasteiger partial charge is 0.491 e. The van der Waals surface area contributed by atoms with Gasteiger partial charge in [-0.05, 0) is 43.2 Å². The van der Waals surface area contributed by atoms with Crippen molar-refractivity contribution in [1.82, 2.24) is 35.0 Å². The third-order valence-electron chi connectivity index (χ3n) is 10.7. The predicted octanol–water partition coefficient (Wildman–Crippen LogP) is 2.75. The first-order valence-electron chi connectivity index (χ1n) is 18.6. The molecule has 1 aromatic carbocycles. The van der Waals surface area contributed by atoms with Crippen LogP contribution in [0.15, 0.2) is 72.3 Å². The van der Waals surface area contributed by atoms with Crippen molar-refractivity contribution in [2.24, 2.45) is 11.3 Å². The number of carbonyl (C=O) groups excluding carboxylic acids is 4. The first kappa shape index (κ1) is 38.7. The molecule has 0 radical (unpaired) electrons. The van der Waals surface area contributed by atoms with Crippen LogP contribution in [0.25, 0.3) is 22.0 Å². The van der Waals surface area contributed by atoms with E-state index in [0.717, 1.165) is 0 Å². The fraction of sp³-hybridized carbons (Fsp3) is 0.462. The smallest absolute Gasteiger partial charge is 0.408 e. The second kappa shape index (κ2) is 14.8. The summed E-state index contributed by atoms with van der Waals surface area (Å²) >= 11 is 0.